The zero-order valence-electron chi connectivity index (χ0n) is 18.0. The molecule has 1 saturated heterocycles. The lowest BCUT2D eigenvalue weighted by Crippen LogP contribution is -2.52. The molecule has 1 unspecified atom stereocenters. The molecule has 2 aromatic rings. The lowest BCUT2D eigenvalue weighted by Gasteiger charge is -2.29. The third-order valence-electron chi connectivity index (χ3n) is 6.20. The number of imide groups is 1. The van der Waals surface area contributed by atoms with Gasteiger partial charge in [-0.2, -0.15) is 0 Å². The maximum Gasteiger partial charge on any atom is 0.255 e. The van der Waals surface area contributed by atoms with E-state index in [1.165, 1.54) is 4.90 Å². The Hall–Kier alpha value is -3.68. The van der Waals surface area contributed by atoms with Gasteiger partial charge in [-0.25, -0.2) is 0 Å². The fraction of sp³-hybridized carbons (Fsp3) is 0.333. The van der Waals surface area contributed by atoms with Crippen LogP contribution in [0.1, 0.15) is 53.7 Å². The SMILES string of the molecule is CC(C)(C(=O)NCc1ccc2c(c1)C(=O)N(C1CCC(=O)NC1=O)C2)c1ccc(O)cc1. The number of carbonyl (C=O) groups is 4. The number of hydrogen-bond acceptors (Lipinski definition) is 5. The van der Waals surface area contributed by atoms with Gasteiger partial charge in [0.1, 0.15) is 11.8 Å². The highest BCUT2D eigenvalue weighted by molar-refractivity contribution is 6.05. The van der Waals surface area contributed by atoms with Crippen molar-refractivity contribution in [3.63, 3.8) is 0 Å². The van der Waals surface area contributed by atoms with Crippen molar-refractivity contribution in [3.8, 4) is 5.75 Å². The molecule has 1 atom stereocenters. The van der Waals surface area contributed by atoms with Crippen LogP contribution in [0.2, 0.25) is 0 Å². The van der Waals surface area contributed by atoms with Crippen LogP contribution < -0.4 is 10.6 Å². The Morgan fingerprint density at radius 1 is 1.16 bits per heavy atom. The van der Waals surface area contributed by atoms with Gasteiger partial charge in [0.2, 0.25) is 17.7 Å². The van der Waals surface area contributed by atoms with Gasteiger partial charge in [-0.15, -0.1) is 0 Å². The van der Waals surface area contributed by atoms with Crippen LogP contribution in [-0.4, -0.2) is 39.7 Å². The number of phenols is 1. The van der Waals surface area contributed by atoms with Crippen LogP contribution in [0.15, 0.2) is 42.5 Å². The predicted molar refractivity (Wildman–Crippen MR) is 115 cm³/mol. The number of amides is 4. The lowest BCUT2D eigenvalue weighted by atomic mass is 9.83. The Morgan fingerprint density at radius 3 is 2.56 bits per heavy atom. The van der Waals surface area contributed by atoms with Crippen molar-refractivity contribution in [1.82, 2.24) is 15.5 Å². The van der Waals surface area contributed by atoms with Crippen molar-refractivity contribution >= 4 is 23.6 Å². The summed E-state index contributed by atoms with van der Waals surface area (Å²) >= 11 is 0. The molecule has 8 heteroatoms. The standard InChI is InChI=1S/C24H25N3O5/c1-24(2,16-5-7-17(28)8-6-16)23(32)25-12-14-3-4-15-13-27(22(31)18(15)11-14)19-9-10-20(29)26-21(19)30/h3-8,11,19,28H,9-10,12-13H2,1-2H3,(H,25,32)(H,26,29,30). The molecule has 4 rings (SSSR count). The first-order chi connectivity index (χ1) is 15.2. The van der Waals surface area contributed by atoms with Crippen molar-refractivity contribution < 1.29 is 24.3 Å². The van der Waals surface area contributed by atoms with Gasteiger partial charge in [-0.05, 0) is 55.2 Å². The number of nitrogens with one attached hydrogen (secondary N) is 2. The Bertz CT molecular complexity index is 1110. The number of nitrogens with zero attached hydrogens (tertiary/aromatic N) is 1. The molecule has 3 N–H and O–H groups in total. The van der Waals surface area contributed by atoms with Gasteiger partial charge in [0.15, 0.2) is 0 Å². The minimum absolute atomic E-state index is 0.138. The summed E-state index contributed by atoms with van der Waals surface area (Å²) in [6.45, 7) is 4.18. The van der Waals surface area contributed by atoms with Crippen molar-refractivity contribution in [1.29, 1.82) is 0 Å². The van der Waals surface area contributed by atoms with E-state index in [0.717, 1.165) is 16.7 Å². The van der Waals surface area contributed by atoms with Gasteiger partial charge in [0, 0.05) is 25.1 Å². The van der Waals surface area contributed by atoms with Gasteiger partial charge >= 0.3 is 0 Å². The number of phenolic OH excluding ortho intramolecular Hbond substituents is 1. The van der Waals surface area contributed by atoms with Crippen LogP contribution in [0.4, 0.5) is 0 Å². The first-order valence-electron chi connectivity index (χ1n) is 10.5. The molecule has 2 aliphatic rings. The highest BCUT2D eigenvalue weighted by Gasteiger charge is 2.39. The molecule has 0 bridgehead atoms. The molecule has 166 valence electrons. The molecular weight excluding hydrogens is 410 g/mol. The smallest absolute Gasteiger partial charge is 0.255 e. The highest BCUT2D eigenvalue weighted by atomic mass is 16.3. The third-order valence-corrected chi connectivity index (χ3v) is 6.20. The molecule has 4 amide bonds. The number of fused-ring (bicyclic) bond motifs is 1. The second-order valence-corrected chi connectivity index (χ2v) is 8.75. The van der Waals surface area contributed by atoms with E-state index in [1.807, 2.05) is 12.1 Å². The summed E-state index contributed by atoms with van der Waals surface area (Å²) in [5, 5.41) is 14.7. The van der Waals surface area contributed by atoms with E-state index in [-0.39, 0.29) is 36.4 Å². The summed E-state index contributed by atoms with van der Waals surface area (Å²) in [6, 6.07) is 11.3. The molecule has 0 saturated carbocycles. The molecule has 8 nitrogen and oxygen atoms in total. The molecule has 1 fully saturated rings. The zero-order chi connectivity index (χ0) is 23.0. The molecule has 0 spiro atoms. The van der Waals surface area contributed by atoms with E-state index in [0.29, 0.717) is 18.5 Å². The Balaban J connectivity index is 1.43. The van der Waals surface area contributed by atoms with E-state index < -0.39 is 17.4 Å². The van der Waals surface area contributed by atoms with Gasteiger partial charge in [0.05, 0.1) is 5.41 Å². The predicted octanol–water partition coefficient (Wildman–Crippen LogP) is 1.75. The van der Waals surface area contributed by atoms with E-state index in [4.69, 9.17) is 0 Å². The third kappa shape index (κ3) is 3.95. The number of piperidine rings is 1. The van der Waals surface area contributed by atoms with Crippen molar-refractivity contribution in [2.45, 2.75) is 51.2 Å². The van der Waals surface area contributed by atoms with Crippen LogP contribution in [0.25, 0.3) is 0 Å². The summed E-state index contributed by atoms with van der Waals surface area (Å²) in [7, 11) is 0. The Morgan fingerprint density at radius 2 is 1.88 bits per heavy atom. The second kappa shape index (κ2) is 8.11. The Labute approximate surface area is 185 Å². The first-order valence-corrected chi connectivity index (χ1v) is 10.5. The molecule has 2 heterocycles. The zero-order valence-corrected chi connectivity index (χ0v) is 18.0. The fourth-order valence-corrected chi connectivity index (χ4v) is 4.12. The van der Waals surface area contributed by atoms with Crippen molar-refractivity contribution in [2.24, 2.45) is 0 Å². The van der Waals surface area contributed by atoms with Crippen LogP contribution in [0.5, 0.6) is 5.75 Å². The second-order valence-electron chi connectivity index (χ2n) is 8.75. The quantitative estimate of drug-likeness (QED) is 0.619. The van der Waals surface area contributed by atoms with Gasteiger partial charge < -0.3 is 15.3 Å². The molecule has 32 heavy (non-hydrogen) atoms. The van der Waals surface area contributed by atoms with Crippen LogP contribution >= 0.6 is 0 Å². The van der Waals surface area contributed by atoms with E-state index in [2.05, 4.69) is 10.6 Å². The average Bonchev–Trinajstić information content (AvgIpc) is 3.08. The Kier molecular flexibility index (Phi) is 5.46. The van der Waals surface area contributed by atoms with E-state index in [9.17, 15) is 24.3 Å². The summed E-state index contributed by atoms with van der Waals surface area (Å²) in [4.78, 5) is 50.8. The van der Waals surface area contributed by atoms with Gasteiger partial charge in [-0.3, -0.25) is 24.5 Å². The highest BCUT2D eigenvalue weighted by Crippen LogP contribution is 2.29. The molecule has 0 aromatic heterocycles. The number of benzene rings is 2. The molecule has 0 radical (unpaired) electrons. The maximum absolute atomic E-state index is 12.9. The fourth-order valence-electron chi connectivity index (χ4n) is 4.12. The van der Waals surface area contributed by atoms with Crippen LogP contribution in [-0.2, 0) is 32.9 Å². The van der Waals surface area contributed by atoms with Crippen LogP contribution in [0.3, 0.4) is 0 Å². The van der Waals surface area contributed by atoms with E-state index >= 15 is 0 Å². The number of rotatable bonds is 5. The average molecular weight is 435 g/mol. The van der Waals surface area contributed by atoms with Crippen LogP contribution in [0, 0.1) is 0 Å². The molecular formula is C24H25N3O5. The minimum Gasteiger partial charge on any atom is -0.508 e. The lowest BCUT2D eigenvalue weighted by molar-refractivity contribution is -0.137. The summed E-state index contributed by atoms with van der Waals surface area (Å²) in [5.74, 6) is -1.04. The van der Waals surface area contributed by atoms with Crippen molar-refractivity contribution in [3.05, 3.63) is 64.7 Å². The van der Waals surface area contributed by atoms with Gasteiger partial charge in [0.25, 0.3) is 5.91 Å². The molecule has 2 aromatic carbocycles. The van der Waals surface area contributed by atoms with Crippen molar-refractivity contribution in [2.75, 3.05) is 0 Å². The normalized spacial score (nSPS) is 18.4. The topological polar surface area (TPSA) is 116 Å². The first kappa shape index (κ1) is 21.5. The molecule has 0 aliphatic carbocycles. The summed E-state index contributed by atoms with van der Waals surface area (Å²) in [6.07, 6.45) is 0.532. The number of hydrogen-bond donors (Lipinski definition) is 3. The molecule has 2 aliphatic heterocycles. The maximum atomic E-state index is 12.9. The monoisotopic (exact) mass is 435 g/mol. The van der Waals surface area contributed by atoms with E-state index in [1.54, 1.807) is 44.2 Å². The number of aromatic hydroxyl groups is 1. The minimum atomic E-state index is -0.803. The number of carbonyl (C=O) groups excluding carboxylic acids is 4. The summed E-state index contributed by atoms with van der Waals surface area (Å²) < 4.78 is 0. The summed E-state index contributed by atoms with van der Waals surface area (Å²) in [5.41, 5.74) is 2.08. The largest absolute Gasteiger partial charge is 0.508 e. The van der Waals surface area contributed by atoms with Gasteiger partial charge in [-0.1, -0.05) is 24.3 Å².